The standard InChI is InChI=1S/C22H28N6O3/c1-14-17(15(2)28(25-14)16-8-6-5-7-9-16)18-19(29)23-10-11-26(18)12-13-27-20(30)22(3,4)24-21(27)31/h5-9,18H,10-13H2,1-4H3,(H,23,29)(H,24,31). The highest BCUT2D eigenvalue weighted by Crippen LogP contribution is 2.30. The van der Waals surface area contributed by atoms with Crippen LogP contribution in [0.5, 0.6) is 0 Å². The number of para-hydroxylation sites is 1. The molecule has 9 nitrogen and oxygen atoms in total. The number of imide groups is 1. The smallest absolute Gasteiger partial charge is 0.325 e. The van der Waals surface area contributed by atoms with Crippen LogP contribution in [0.3, 0.4) is 0 Å². The van der Waals surface area contributed by atoms with Gasteiger partial charge in [-0.1, -0.05) is 18.2 Å². The lowest BCUT2D eigenvalue weighted by Gasteiger charge is -2.36. The van der Waals surface area contributed by atoms with E-state index in [0.717, 1.165) is 22.6 Å². The van der Waals surface area contributed by atoms with Crippen molar-refractivity contribution >= 4 is 17.8 Å². The molecule has 1 aromatic carbocycles. The number of amides is 4. The molecule has 0 spiro atoms. The number of hydrogen-bond acceptors (Lipinski definition) is 5. The molecule has 9 heteroatoms. The minimum Gasteiger partial charge on any atom is -0.353 e. The summed E-state index contributed by atoms with van der Waals surface area (Å²) in [6.07, 6.45) is 0. The molecule has 3 heterocycles. The highest BCUT2D eigenvalue weighted by molar-refractivity contribution is 6.06. The Morgan fingerprint density at radius 1 is 1.10 bits per heavy atom. The van der Waals surface area contributed by atoms with Gasteiger partial charge in [0.25, 0.3) is 5.91 Å². The van der Waals surface area contributed by atoms with E-state index in [1.165, 1.54) is 4.90 Å². The number of nitrogens with zero attached hydrogens (tertiary/aromatic N) is 4. The van der Waals surface area contributed by atoms with Gasteiger partial charge in [0.05, 0.1) is 11.4 Å². The molecule has 2 fully saturated rings. The first kappa shape index (κ1) is 21.0. The van der Waals surface area contributed by atoms with Crippen LogP contribution in [0.4, 0.5) is 4.79 Å². The summed E-state index contributed by atoms with van der Waals surface area (Å²) in [6.45, 7) is 9.02. The van der Waals surface area contributed by atoms with E-state index in [0.29, 0.717) is 19.6 Å². The molecule has 0 aliphatic carbocycles. The Bertz CT molecular complexity index is 1030. The van der Waals surface area contributed by atoms with Gasteiger partial charge in [-0.3, -0.25) is 19.4 Å². The molecule has 2 N–H and O–H groups in total. The van der Waals surface area contributed by atoms with Gasteiger partial charge in [0, 0.05) is 37.4 Å². The molecule has 0 saturated carbocycles. The quantitative estimate of drug-likeness (QED) is 0.705. The van der Waals surface area contributed by atoms with E-state index in [4.69, 9.17) is 0 Å². The molecule has 1 atom stereocenters. The maximum atomic E-state index is 12.9. The summed E-state index contributed by atoms with van der Waals surface area (Å²) in [4.78, 5) is 41.0. The third-order valence-corrected chi connectivity index (χ3v) is 5.99. The molecule has 1 unspecified atom stereocenters. The summed E-state index contributed by atoms with van der Waals surface area (Å²) in [5.41, 5.74) is 2.56. The monoisotopic (exact) mass is 424 g/mol. The predicted octanol–water partition coefficient (Wildman–Crippen LogP) is 1.29. The van der Waals surface area contributed by atoms with E-state index in [2.05, 4.69) is 15.7 Å². The third-order valence-electron chi connectivity index (χ3n) is 5.99. The lowest BCUT2D eigenvalue weighted by molar-refractivity contribution is -0.131. The van der Waals surface area contributed by atoms with Crippen LogP contribution in [-0.2, 0) is 9.59 Å². The van der Waals surface area contributed by atoms with Gasteiger partial charge in [0.1, 0.15) is 11.6 Å². The zero-order chi connectivity index (χ0) is 22.3. The average molecular weight is 425 g/mol. The van der Waals surface area contributed by atoms with E-state index >= 15 is 0 Å². The van der Waals surface area contributed by atoms with Gasteiger partial charge in [-0.15, -0.1) is 0 Å². The Morgan fingerprint density at radius 3 is 2.45 bits per heavy atom. The van der Waals surface area contributed by atoms with Crippen LogP contribution < -0.4 is 10.6 Å². The summed E-state index contributed by atoms with van der Waals surface area (Å²) in [7, 11) is 0. The number of aryl methyl sites for hydroxylation is 1. The van der Waals surface area contributed by atoms with Gasteiger partial charge < -0.3 is 10.6 Å². The molecule has 2 aliphatic heterocycles. The molecule has 164 valence electrons. The van der Waals surface area contributed by atoms with E-state index < -0.39 is 17.6 Å². The molecule has 4 amide bonds. The second-order valence-electron chi connectivity index (χ2n) is 8.57. The second-order valence-corrected chi connectivity index (χ2v) is 8.57. The Labute approximate surface area is 181 Å². The van der Waals surface area contributed by atoms with Gasteiger partial charge in [0.2, 0.25) is 5.91 Å². The van der Waals surface area contributed by atoms with Crippen LogP contribution in [0.15, 0.2) is 30.3 Å². The Kier molecular flexibility index (Phi) is 5.30. The van der Waals surface area contributed by atoms with Crippen LogP contribution in [0, 0.1) is 13.8 Å². The van der Waals surface area contributed by atoms with Gasteiger partial charge in [-0.2, -0.15) is 5.10 Å². The second kappa shape index (κ2) is 7.81. The van der Waals surface area contributed by atoms with Gasteiger partial charge in [-0.05, 0) is 39.8 Å². The maximum absolute atomic E-state index is 12.9. The molecular weight excluding hydrogens is 396 g/mol. The molecule has 2 aromatic rings. The molecule has 0 bridgehead atoms. The number of rotatable bonds is 5. The molecule has 2 saturated heterocycles. The zero-order valence-corrected chi connectivity index (χ0v) is 18.3. The van der Waals surface area contributed by atoms with Crippen LogP contribution in [0.1, 0.15) is 36.8 Å². The number of piperazine rings is 1. The SMILES string of the molecule is Cc1nn(-c2ccccc2)c(C)c1C1C(=O)NCCN1CCN1C(=O)NC(C)(C)C1=O. The van der Waals surface area contributed by atoms with Gasteiger partial charge in [-0.25, -0.2) is 9.48 Å². The highest BCUT2D eigenvalue weighted by atomic mass is 16.2. The zero-order valence-electron chi connectivity index (χ0n) is 18.3. The number of carbonyl (C=O) groups is 3. The lowest BCUT2D eigenvalue weighted by Crippen LogP contribution is -2.52. The molecule has 2 aliphatic rings. The number of benzene rings is 1. The van der Waals surface area contributed by atoms with E-state index in [-0.39, 0.29) is 18.4 Å². The fraction of sp³-hybridized carbons (Fsp3) is 0.455. The van der Waals surface area contributed by atoms with Crippen molar-refractivity contribution in [3.05, 3.63) is 47.3 Å². The number of urea groups is 1. The van der Waals surface area contributed by atoms with E-state index in [1.54, 1.807) is 13.8 Å². The fourth-order valence-electron chi connectivity index (χ4n) is 4.39. The highest BCUT2D eigenvalue weighted by Gasteiger charge is 2.44. The average Bonchev–Trinajstić information content (AvgIpc) is 3.12. The van der Waals surface area contributed by atoms with Crippen molar-refractivity contribution in [3.8, 4) is 5.69 Å². The number of hydrogen-bond donors (Lipinski definition) is 2. The topological polar surface area (TPSA) is 99.6 Å². The fourth-order valence-corrected chi connectivity index (χ4v) is 4.39. The van der Waals surface area contributed by atoms with Crippen molar-refractivity contribution in [1.82, 2.24) is 30.2 Å². The van der Waals surface area contributed by atoms with Crippen LogP contribution >= 0.6 is 0 Å². The number of nitrogens with one attached hydrogen (secondary N) is 2. The summed E-state index contributed by atoms with van der Waals surface area (Å²) in [6, 6.07) is 8.87. The molecular formula is C22H28N6O3. The lowest BCUT2D eigenvalue weighted by atomic mass is 10.00. The molecule has 1 aromatic heterocycles. The number of carbonyl (C=O) groups excluding carboxylic acids is 3. The first-order valence-electron chi connectivity index (χ1n) is 10.5. The van der Waals surface area contributed by atoms with Crippen molar-refractivity contribution < 1.29 is 14.4 Å². The van der Waals surface area contributed by atoms with Crippen molar-refractivity contribution in [3.63, 3.8) is 0 Å². The summed E-state index contributed by atoms with van der Waals surface area (Å²) in [5, 5.41) is 10.3. The maximum Gasteiger partial charge on any atom is 0.325 e. The Balaban J connectivity index is 1.61. The van der Waals surface area contributed by atoms with Crippen molar-refractivity contribution in [1.29, 1.82) is 0 Å². The Hall–Kier alpha value is -3.20. The predicted molar refractivity (Wildman–Crippen MR) is 115 cm³/mol. The molecule has 31 heavy (non-hydrogen) atoms. The van der Waals surface area contributed by atoms with E-state index in [9.17, 15) is 14.4 Å². The van der Waals surface area contributed by atoms with Crippen LogP contribution in [-0.4, -0.2) is 69.1 Å². The van der Waals surface area contributed by atoms with E-state index in [1.807, 2.05) is 53.8 Å². The first-order chi connectivity index (χ1) is 14.7. The molecule has 4 rings (SSSR count). The Morgan fingerprint density at radius 2 is 1.81 bits per heavy atom. The number of aromatic nitrogens is 2. The van der Waals surface area contributed by atoms with Gasteiger partial charge >= 0.3 is 6.03 Å². The minimum absolute atomic E-state index is 0.0948. The summed E-state index contributed by atoms with van der Waals surface area (Å²) >= 11 is 0. The first-order valence-corrected chi connectivity index (χ1v) is 10.5. The summed E-state index contributed by atoms with van der Waals surface area (Å²) in [5.74, 6) is -0.345. The largest absolute Gasteiger partial charge is 0.353 e. The molecule has 0 radical (unpaired) electrons. The van der Waals surface area contributed by atoms with Crippen LogP contribution in [0.25, 0.3) is 5.69 Å². The third kappa shape index (κ3) is 3.69. The van der Waals surface area contributed by atoms with Crippen LogP contribution in [0.2, 0.25) is 0 Å². The normalized spacial score (nSPS) is 21.4. The van der Waals surface area contributed by atoms with Crippen molar-refractivity contribution in [2.24, 2.45) is 0 Å². The van der Waals surface area contributed by atoms with Gasteiger partial charge in [0.15, 0.2) is 0 Å². The van der Waals surface area contributed by atoms with Crippen molar-refractivity contribution in [2.45, 2.75) is 39.3 Å². The van der Waals surface area contributed by atoms with Crippen molar-refractivity contribution in [2.75, 3.05) is 26.2 Å². The summed E-state index contributed by atoms with van der Waals surface area (Å²) < 4.78 is 1.85. The minimum atomic E-state index is -0.903.